The predicted octanol–water partition coefficient (Wildman–Crippen LogP) is 1.84. The first kappa shape index (κ1) is 13.0. The van der Waals surface area contributed by atoms with Gasteiger partial charge in [0, 0.05) is 12.6 Å². The van der Waals surface area contributed by atoms with E-state index in [9.17, 15) is 9.59 Å². The van der Waals surface area contributed by atoms with E-state index in [-0.39, 0.29) is 18.4 Å². The summed E-state index contributed by atoms with van der Waals surface area (Å²) < 4.78 is 0. The minimum absolute atomic E-state index is 0.0303. The first-order chi connectivity index (χ1) is 8.49. The van der Waals surface area contributed by atoms with Crippen molar-refractivity contribution in [2.24, 2.45) is 0 Å². The molecule has 5 nitrogen and oxygen atoms in total. The molecule has 18 heavy (non-hydrogen) atoms. The van der Waals surface area contributed by atoms with Gasteiger partial charge in [-0.1, -0.05) is 0 Å². The number of rotatable bonds is 3. The summed E-state index contributed by atoms with van der Waals surface area (Å²) in [5.74, 6) is -0.918. The number of aliphatic carboxylic acids is 1. The lowest BCUT2D eigenvalue weighted by Crippen LogP contribution is -2.36. The molecule has 0 radical (unpaired) electrons. The highest BCUT2D eigenvalue weighted by molar-refractivity contribution is 7.13. The molecule has 6 heteroatoms. The van der Waals surface area contributed by atoms with Crippen LogP contribution in [0.1, 0.15) is 39.6 Å². The van der Waals surface area contributed by atoms with Crippen LogP contribution in [0.3, 0.4) is 0 Å². The van der Waals surface area contributed by atoms with Crippen molar-refractivity contribution < 1.29 is 14.7 Å². The highest BCUT2D eigenvalue weighted by Crippen LogP contribution is 2.26. The van der Waals surface area contributed by atoms with Crippen LogP contribution in [0.25, 0.3) is 0 Å². The molecule has 1 fully saturated rings. The quantitative estimate of drug-likeness (QED) is 0.908. The Balaban J connectivity index is 2.17. The zero-order chi connectivity index (χ0) is 13.3. The number of amides is 1. The molecule has 2 heterocycles. The van der Waals surface area contributed by atoms with Gasteiger partial charge in [0.1, 0.15) is 4.88 Å². The van der Waals surface area contributed by atoms with Crippen LogP contribution >= 0.6 is 11.3 Å². The number of carboxylic acid groups (broad SMARTS) is 1. The molecule has 1 aromatic heterocycles. The van der Waals surface area contributed by atoms with Crippen molar-refractivity contribution >= 4 is 23.2 Å². The molecule has 1 saturated heterocycles. The van der Waals surface area contributed by atoms with Crippen LogP contribution in [0.5, 0.6) is 0 Å². The first-order valence-electron chi connectivity index (χ1n) is 5.96. The number of likely N-dealkylation sites (tertiary alicyclic amines) is 1. The van der Waals surface area contributed by atoms with Gasteiger partial charge >= 0.3 is 5.97 Å². The van der Waals surface area contributed by atoms with Crippen molar-refractivity contribution in [3.63, 3.8) is 0 Å². The summed E-state index contributed by atoms with van der Waals surface area (Å²) >= 11 is 1.38. The van der Waals surface area contributed by atoms with Crippen LogP contribution in [0, 0.1) is 13.8 Å². The largest absolute Gasteiger partial charge is 0.481 e. The summed E-state index contributed by atoms with van der Waals surface area (Å²) in [5.41, 5.74) is 0.739. The number of carboxylic acids is 1. The Morgan fingerprint density at radius 3 is 2.78 bits per heavy atom. The molecule has 0 spiro atoms. The summed E-state index contributed by atoms with van der Waals surface area (Å²) in [5, 5.41) is 9.72. The third-order valence-corrected chi connectivity index (χ3v) is 4.21. The van der Waals surface area contributed by atoms with Crippen LogP contribution < -0.4 is 0 Å². The molecule has 1 aliphatic rings. The van der Waals surface area contributed by atoms with E-state index in [1.54, 1.807) is 4.90 Å². The Morgan fingerprint density at radius 2 is 2.22 bits per heavy atom. The third-order valence-electron chi connectivity index (χ3n) is 3.15. The van der Waals surface area contributed by atoms with Crippen molar-refractivity contribution in [3.8, 4) is 0 Å². The minimum Gasteiger partial charge on any atom is -0.481 e. The molecule has 1 atom stereocenters. The van der Waals surface area contributed by atoms with Gasteiger partial charge in [-0.3, -0.25) is 9.59 Å². The van der Waals surface area contributed by atoms with Gasteiger partial charge in [-0.05, 0) is 26.7 Å². The van der Waals surface area contributed by atoms with Gasteiger partial charge in [0.25, 0.3) is 5.91 Å². The molecule has 2 rings (SSSR count). The van der Waals surface area contributed by atoms with Crippen molar-refractivity contribution in [1.29, 1.82) is 0 Å². The van der Waals surface area contributed by atoms with E-state index in [0.29, 0.717) is 11.4 Å². The van der Waals surface area contributed by atoms with Crippen molar-refractivity contribution in [2.75, 3.05) is 6.54 Å². The maximum absolute atomic E-state index is 12.4. The Morgan fingerprint density at radius 1 is 1.50 bits per heavy atom. The fourth-order valence-corrected chi connectivity index (χ4v) is 3.25. The number of hydrogen-bond acceptors (Lipinski definition) is 4. The van der Waals surface area contributed by atoms with Gasteiger partial charge in [-0.25, -0.2) is 4.98 Å². The lowest BCUT2D eigenvalue weighted by Gasteiger charge is -2.22. The van der Waals surface area contributed by atoms with E-state index in [1.807, 2.05) is 13.8 Å². The SMILES string of the molecule is Cc1nc(C)c(C(=O)N2CCCC2CC(=O)O)s1. The molecule has 0 bridgehead atoms. The van der Waals surface area contributed by atoms with Crippen molar-refractivity contribution in [1.82, 2.24) is 9.88 Å². The average molecular weight is 268 g/mol. The van der Waals surface area contributed by atoms with Gasteiger partial charge in [-0.2, -0.15) is 0 Å². The number of carbonyl (C=O) groups excluding carboxylic acids is 1. The average Bonchev–Trinajstić information content (AvgIpc) is 2.83. The summed E-state index contributed by atoms with van der Waals surface area (Å²) in [7, 11) is 0. The van der Waals surface area contributed by atoms with Crippen LogP contribution in [-0.2, 0) is 4.79 Å². The molecule has 1 unspecified atom stereocenters. The third kappa shape index (κ3) is 2.53. The molecular formula is C12H16N2O3S. The monoisotopic (exact) mass is 268 g/mol. The smallest absolute Gasteiger partial charge is 0.305 e. The standard InChI is InChI=1S/C12H16N2O3S/c1-7-11(18-8(2)13-7)12(17)14-5-3-4-9(14)6-10(15)16/h9H,3-6H2,1-2H3,(H,15,16). The molecule has 0 saturated carbocycles. The summed E-state index contributed by atoms with van der Waals surface area (Å²) in [6.45, 7) is 4.33. The van der Waals surface area contributed by atoms with Gasteiger partial charge in [0.2, 0.25) is 0 Å². The highest BCUT2D eigenvalue weighted by Gasteiger charge is 2.32. The molecule has 98 valence electrons. The fourth-order valence-electron chi connectivity index (χ4n) is 2.38. The molecule has 1 aromatic rings. The number of carbonyl (C=O) groups is 2. The van der Waals surface area contributed by atoms with Gasteiger partial charge in [0.05, 0.1) is 17.1 Å². The normalized spacial score (nSPS) is 19.2. The zero-order valence-corrected chi connectivity index (χ0v) is 11.3. The number of thiazole rings is 1. The van der Waals surface area contributed by atoms with E-state index in [2.05, 4.69) is 4.98 Å². The molecule has 0 aromatic carbocycles. The second-order valence-corrected chi connectivity index (χ2v) is 5.74. The van der Waals surface area contributed by atoms with E-state index in [0.717, 1.165) is 23.5 Å². The molecule has 0 aliphatic carbocycles. The van der Waals surface area contributed by atoms with E-state index < -0.39 is 5.97 Å². The second kappa shape index (κ2) is 5.06. The number of aromatic nitrogens is 1. The van der Waals surface area contributed by atoms with E-state index >= 15 is 0 Å². The van der Waals surface area contributed by atoms with Crippen LogP contribution in [0.4, 0.5) is 0 Å². The molecule has 1 amide bonds. The van der Waals surface area contributed by atoms with E-state index in [1.165, 1.54) is 11.3 Å². The number of hydrogen-bond donors (Lipinski definition) is 1. The van der Waals surface area contributed by atoms with Crippen LogP contribution in [0.15, 0.2) is 0 Å². The highest BCUT2D eigenvalue weighted by atomic mass is 32.1. The van der Waals surface area contributed by atoms with E-state index in [4.69, 9.17) is 5.11 Å². The number of nitrogens with zero attached hydrogens (tertiary/aromatic N) is 2. The lowest BCUT2D eigenvalue weighted by atomic mass is 10.1. The minimum atomic E-state index is -0.850. The Kier molecular flexibility index (Phi) is 3.65. The maximum Gasteiger partial charge on any atom is 0.305 e. The summed E-state index contributed by atoms with van der Waals surface area (Å²) in [6.07, 6.45) is 1.68. The Labute approximate surface area is 109 Å². The summed E-state index contributed by atoms with van der Waals surface area (Å²) in [6, 6.07) is -0.170. The van der Waals surface area contributed by atoms with Crippen LogP contribution in [0.2, 0.25) is 0 Å². The Hall–Kier alpha value is -1.43. The van der Waals surface area contributed by atoms with Crippen molar-refractivity contribution in [3.05, 3.63) is 15.6 Å². The van der Waals surface area contributed by atoms with Gasteiger partial charge < -0.3 is 10.0 Å². The van der Waals surface area contributed by atoms with Gasteiger partial charge in [0.15, 0.2) is 0 Å². The molecule has 1 aliphatic heterocycles. The van der Waals surface area contributed by atoms with Gasteiger partial charge in [-0.15, -0.1) is 11.3 Å². The topological polar surface area (TPSA) is 70.5 Å². The number of aryl methyl sites for hydroxylation is 2. The zero-order valence-electron chi connectivity index (χ0n) is 10.5. The second-order valence-electron chi connectivity index (χ2n) is 4.54. The first-order valence-corrected chi connectivity index (χ1v) is 6.77. The Bertz CT molecular complexity index is 484. The maximum atomic E-state index is 12.4. The molecular weight excluding hydrogens is 252 g/mol. The predicted molar refractivity (Wildman–Crippen MR) is 67.9 cm³/mol. The lowest BCUT2D eigenvalue weighted by molar-refractivity contribution is -0.137. The van der Waals surface area contributed by atoms with Crippen molar-refractivity contribution in [2.45, 2.75) is 39.2 Å². The molecule has 1 N–H and O–H groups in total. The summed E-state index contributed by atoms with van der Waals surface area (Å²) in [4.78, 5) is 29.7. The fraction of sp³-hybridized carbons (Fsp3) is 0.583. The van der Waals surface area contributed by atoms with Crippen LogP contribution in [-0.4, -0.2) is 39.5 Å².